The molecule has 1 unspecified atom stereocenters. The first kappa shape index (κ1) is 18.3. The van der Waals surface area contributed by atoms with Crippen molar-refractivity contribution >= 4 is 22.6 Å². The molecule has 0 radical (unpaired) electrons. The number of nitrogens with two attached hydrogens (primary N) is 1. The lowest BCUT2D eigenvalue weighted by Crippen LogP contribution is -2.33. The number of fused-ring (bicyclic) bond motifs is 1. The van der Waals surface area contributed by atoms with Crippen LogP contribution in [0, 0.1) is 22.7 Å². The molecule has 0 aromatic carbocycles. The molecule has 3 rings (SSSR count). The number of nitrogens with zero attached hydrogens (tertiary/aromatic N) is 3. The average Bonchev–Trinajstić information content (AvgIpc) is 3.04. The number of rotatable bonds is 3. The van der Waals surface area contributed by atoms with E-state index >= 15 is 0 Å². The van der Waals surface area contributed by atoms with Crippen LogP contribution >= 0.6 is 11.3 Å². The second-order valence-electron chi connectivity index (χ2n) is 6.73. The van der Waals surface area contributed by atoms with Gasteiger partial charge in [0.05, 0.1) is 39.8 Å². The van der Waals surface area contributed by atoms with Crippen molar-refractivity contribution in [3.63, 3.8) is 0 Å². The molecule has 134 valence electrons. The largest absolute Gasteiger partial charge is 0.398 e. The highest BCUT2D eigenvalue weighted by atomic mass is 32.1. The lowest BCUT2D eigenvalue weighted by Gasteiger charge is -2.39. The SMILES string of the molecule is C/C=C(/CC)c1sc(C2C(C#N)=C(C)N3CCCCC3=C2C#N)cc1N. The molecule has 3 heterocycles. The Balaban J connectivity index is 2.18. The highest BCUT2D eigenvalue weighted by Gasteiger charge is 2.36. The van der Waals surface area contributed by atoms with E-state index in [-0.39, 0.29) is 5.92 Å². The normalized spacial score (nSPS) is 20.7. The average molecular weight is 365 g/mol. The number of nitriles is 2. The maximum Gasteiger partial charge on any atom is 0.0976 e. The molecular formula is C21H24N4S. The van der Waals surface area contributed by atoms with Gasteiger partial charge < -0.3 is 10.6 Å². The van der Waals surface area contributed by atoms with Crippen molar-refractivity contribution in [1.29, 1.82) is 10.5 Å². The molecule has 0 spiro atoms. The molecule has 1 aromatic rings. The molecular weight excluding hydrogens is 340 g/mol. The van der Waals surface area contributed by atoms with E-state index in [1.54, 1.807) is 11.3 Å². The first-order valence-electron chi connectivity index (χ1n) is 9.13. The zero-order chi connectivity index (χ0) is 18.8. The monoisotopic (exact) mass is 364 g/mol. The quantitative estimate of drug-likeness (QED) is 0.789. The van der Waals surface area contributed by atoms with Crippen LogP contribution in [0.4, 0.5) is 5.69 Å². The summed E-state index contributed by atoms with van der Waals surface area (Å²) in [5, 5.41) is 19.8. The summed E-state index contributed by atoms with van der Waals surface area (Å²) >= 11 is 1.62. The summed E-state index contributed by atoms with van der Waals surface area (Å²) in [4.78, 5) is 4.24. The fourth-order valence-electron chi connectivity index (χ4n) is 4.02. The second kappa shape index (κ2) is 7.40. The highest BCUT2D eigenvalue weighted by molar-refractivity contribution is 7.13. The van der Waals surface area contributed by atoms with E-state index in [0.29, 0.717) is 5.57 Å². The van der Waals surface area contributed by atoms with Gasteiger partial charge in [0.25, 0.3) is 0 Å². The van der Waals surface area contributed by atoms with Crippen LogP contribution in [-0.2, 0) is 0 Å². The number of nitrogen functional groups attached to an aromatic ring is 1. The van der Waals surface area contributed by atoms with Gasteiger partial charge in [-0.3, -0.25) is 0 Å². The summed E-state index contributed by atoms with van der Waals surface area (Å²) in [7, 11) is 0. The molecule has 4 nitrogen and oxygen atoms in total. The van der Waals surface area contributed by atoms with E-state index in [2.05, 4.69) is 30.0 Å². The Bertz CT molecular complexity index is 901. The highest BCUT2D eigenvalue weighted by Crippen LogP contribution is 2.47. The minimum absolute atomic E-state index is 0.287. The Morgan fingerprint density at radius 2 is 2.08 bits per heavy atom. The van der Waals surface area contributed by atoms with E-state index in [0.717, 1.165) is 64.6 Å². The first-order chi connectivity index (χ1) is 12.6. The van der Waals surface area contributed by atoms with E-state index in [1.165, 1.54) is 5.57 Å². The van der Waals surface area contributed by atoms with Gasteiger partial charge in [0.2, 0.25) is 0 Å². The van der Waals surface area contributed by atoms with Gasteiger partial charge in [-0.15, -0.1) is 11.3 Å². The fraction of sp³-hybridized carbons (Fsp3) is 0.429. The molecule has 0 bridgehead atoms. The molecule has 0 aliphatic carbocycles. The smallest absolute Gasteiger partial charge is 0.0976 e. The zero-order valence-corrected chi connectivity index (χ0v) is 16.4. The number of hydrogen-bond donors (Lipinski definition) is 1. The summed E-state index contributed by atoms with van der Waals surface area (Å²) in [5.74, 6) is -0.287. The summed E-state index contributed by atoms with van der Waals surface area (Å²) in [6.07, 6.45) is 6.09. The van der Waals surface area contributed by atoms with Gasteiger partial charge in [0.15, 0.2) is 0 Å². The summed E-state index contributed by atoms with van der Waals surface area (Å²) < 4.78 is 0. The van der Waals surface area contributed by atoms with Crippen LogP contribution in [0.25, 0.3) is 5.57 Å². The van der Waals surface area contributed by atoms with Crippen LogP contribution in [0.15, 0.2) is 34.7 Å². The van der Waals surface area contributed by atoms with Gasteiger partial charge in [-0.1, -0.05) is 13.0 Å². The van der Waals surface area contributed by atoms with Crippen LogP contribution in [0.3, 0.4) is 0 Å². The van der Waals surface area contributed by atoms with E-state index < -0.39 is 0 Å². The molecule has 0 saturated carbocycles. The molecule has 2 aliphatic heterocycles. The minimum atomic E-state index is -0.287. The van der Waals surface area contributed by atoms with Gasteiger partial charge in [0, 0.05) is 22.8 Å². The van der Waals surface area contributed by atoms with Crippen molar-refractivity contribution < 1.29 is 0 Å². The number of allylic oxidation sites excluding steroid dienone is 6. The van der Waals surface area contributed by atoms with Crippen molar-refractivity contribution in [1.82, 2.24) is 4.90 Å². The third kappa shape index (κ3) is 2.83. The van der Waals surface area contributed by atoms with Gasteiger partial charge in [-0.25, -0.2) is 0 Å². The maximum absolute atomic E-state index is 9.93. The second-order valence-corrected chi connectivity index (χ2v) is 7.81. The van der Waals surface area contributed by atoms with Gasteiger partial charge in [0.1, 0.15) is 0 Å². The molecule has 2 aliphatic rings. The predicted molar refractivity (Wildman–Crippen MR) is 107 cm³/mol. The number of piperidine rings is 1. The number of hydrogen-bond acceptors (Lipinski definition) is 5. The summed E-state index contributed by atoms with van der Waals surface area (Å²) in [6.45, 7) is 7.03. The van der Waals surface area contributed by atoms with Crippen LogP contribution in [0.2, 0.25) is 0 Å². The lowest BCUT2D eigenvalue weighted by atomic mass is 9.82. The molecule has 2 N–H and O–H groups in total. The molecule has 1 atom stereocenters. The topological polar surface area (TPSA) is 76.8 Å². The molecule has 1 aromatic heterocycles. The third-order valence-corrected chi connectivity index (χ3v) is 6.67. The van der Waals surface area contributed by atoms with Crippen LogP contribution in [0.1, 0.15) is 62.1 Å². The summed E-state index contributed by atoms with van der Waals surface area (Å²) in [5.41, 5.74) is 11.7. The Morgan fingerprint density at radius 1 is 1.35 bits per heavy atom. The summed E-state index contributed by atoms with van der Waals surface area (Å²) in [6, 6.07) is 6.78. The molecule has 1 fully saturated rings. The maximum atomic E-state index is 9.93. The van der Waals surface area contributed by atoms with Crippen molar-refractivity contribution in [3.05, 3.63) is 44.4 Å². The minimum Gasteiger partial charge on any atom is -0.398 e. The molecule has 0 amide bonds. The molecule has 5 heteroatoms. The Hall–Kier alpha value is -2.50. The standard InChI is InChI=1S/C21H24N4S/c1-4-14(5-2)21-17(24)10-19(26-21)20-15(11-22)13(3)25-9-7-6-8-18(25)16(20)12-23/h4,10,20H,5-9,24H2,1-3H3/b14-4-. The number of thiophene rings is 1. The van der Waals surface area contributed by atoms with Crippen molar-refractivity contribution in [2.75, 3.05) is 12.3 Å². The van der Waals surface area contributed by atoms with E-state index in [9.17, 15) is 10.5 Å². The predicted octanol–water partition coefficient (Wildman–Crippen LogP) is 5.30. The molecule has 1 saturated heterocycles. The molecule has 26 heavy (non-hydrogen) atoms. The van der Waals surface area contributed by atoms with Gasteiger partial charge >= 0.3 is 0 Å². The van der Waals surface area contributed by atoms with Crippen LogP contribution in [0.5, 0.6) is 0 Å². The van der Waals surface area contributed by atoms with Crippen molar-refractivity contribution in [3.8, 4) is 12.1 Å². The van der Waals surface area contributed by atoms with E-state index in [1.807, 2.05) is 19.9 Å². The lowest BCUT2D eigenvalue weighted by molar-refractivity contribution is 0.337. The van der Waals surface area contributed by atoms with Gasteiger partial charge in [-0.05, 0) is 51.2 Å². The van der Waals surface area contributed by atoms with E-state index in [4.69, 9.17) is 5.73 Å². The van der Waals surface area contributed by atoms with Crippen molar-refractivity contribution in [2.24, 2.45) is 0 Å². The third-order valence-electron chi connectivity index (χ3n) is 5.38. The van der Waals surface area contributed by atoms with Gasteiger partial charge in [-0.2, -0.15) is 10.5 Å². The van der Waals surface area contributed by atoms with Crippen LogP contribution in [-0.4, -0.2) is 11.4 Å². The fourth-order valence-corrected chi connectivity index (χ4v) is 5.37. The van der Waals surface area contributed by atoms with Crippen molar-refractivity contribution in [2.45, 2.75) is 52.4 Å². The van der Waals surface area contributed by atoms with Crippen LogP contribution < -0.4 is 5.73 Å². The zero-order valence-electron chi connectivity index (χ0n) is 15.6. The Labute approximate surface area is 159 Å². The number of anilines is 1. The first-order valence-corrected chi connectivity index (χ1v) is 9.95. The Morgan fingerprint density at radius 3 is 2.69 bits per heavy atom. The Kier molecular flexibility index (Phi) is 5.20.